The summed E-state index contributed by atoms with van der Waals surface area (Å²) in [5.41, 5.74) is 1.69. The van der Waals surface area contributed by atoms with Gasteiger partial charge in [0, 0.05) is 61.0 Å². The Morgan fingerprint density at radius 3 is 2.48 bits per heavy atom. The second kappa shape index (κ2) is 8.18. The van der Waals surface area contributed by atoms with Crippen molar-refractivity contribution >= 4 is 50.7 Å². The van der Waals surface area contributed by atoms with Crippen LogP contribution in [0.2, 0.25) is 5.02 Å². The third-order valence-corrected chi connectivity index (χ3v) is 8.40. The highest BCUT2D eigenvalue weighted by Gasteiger charge is 2.30. The van der Waals surface area contributed by atoms with Gasteiger partial charge in [-0.3, -0.25) is 4.79 Å². The molecule has 154 valence electrons. The number of carbonyl (C=O) groups is 1. The van der Waals surface area contributed by atoms with Crippen LogP contribution in [-0.4, -0.2) is 57.1 Å². The maximum atomic E-state index is 13.2. The lowest BCUT2D eigenvalue weighted by atomic mass is 10.2. The van der Waals surface area contributed by atoms with Crippen molar-refractivity contribution in [3.05, 3.63) is 47.5 Å². The summed E-state index contributed by atoms with van der Waals surface area (Å²) in [6.07, 6.45) is 0. The van der Waals surface area contributed by atoms with E-state index in [4.69, 9.17) is 11.6 Å². The number of hydrogen-bond acceptors (Lipinski definition) is 5. The van der Waals surface area contributed by atoms with E-state index in [9.17, 15) is 13.2 Å². The maximum Gasteiger partial charge on any atom is 0.243 e. The van der Waals surface area contributed by atoms with Crippen molar-refractivity contribution < 1.29 is 13.2 Å². The predicted molar refractivity (Wildman–Crippen MR) is 118 cm³/mol. The van der Waals surface area contributed by atoms with Crippen LogP contribution < -0.4 is 9.80 Å². The quantitative estimate of drug-likeness (QED) is 0.716. The van der Waals surface area contributed by atoms with Crippen LogP contribution in [0, 0.1) is 0 Å². The Morgan fingerprint density at radius 2 is 1.79 bits per heavy atom. The van der Waals surface area contributed by atoms with E-state index in [1.54, 1.807) is 28.8 Å². The van der Waals surface area contributed by atoms with Gasteiger partial charge < -0.3 is 9.80 Å². The standard InChI is InChI=1S/C20H22ClN3O3S2/c1-15(25)24-11-12-28-20-6-5-18(14-19(20)24)29(26,27)23-9-7-22(8-10-23)17-4-2-3-16(21)13-17/h2-6,13-14H,7-12H2,1H3. The molecule has 4 rings (SSSR count). The fourth-order valence-corrected chi connectivity index (χ4v) is 6.30. The molecule has 0 atom stereocenters. The summed E-state index contributed by atoms with van der Waals surface area (Å²) < 4.78 is 28.0. The van der Waals surface area contributed by atoms with Crippen LogP contribution >= 0.6 is 23.4 Å². The third kappa shape index (κ3) is 4.12. The highest BCUT2D eigenvalue weighted by molar-refractivity contribution is 7.99. The van der Waals surface area contributed by atoms with Crippen molar-refractivity contribution in [3.63, 3.8) is 0 Å². The Labute approximate surface area is 180 Å². The first-order valence-corrected chi connectivity index (χ1v) is 12.2. The van der Waals surface area contributed by atoms with E-state index in [0.717, 1.165) is 16.3 Å². The number of piperazine rings is 1. The number of fused-ring (bicyclic) bond motifs is 1. The third-order valence-electron chi connectivity index (χ3n) is 5.22. The molecule has 0 aliphatic carbocycles. The largest absolute Gasteiger partial charge is 0.369 e. The molecule has 29 heavy (non-hydrogen) atoms. The van der Waals surface area contributed by atoms with Crippen molar-refractivity contribution in [2.45, 2.75) is 16.7 Å². The minimum absolute atomic E-state index is 0.0729. The molecule has 1 fully saturated rings. The van der Waals surface area contributed by atoms with Gasteiger partial charge in [-0.25, -0.2) is 8.42 Å². The molecule has 0 saturated carbocycles. The van der Waals surface area contributed by atoms with Gasteiger partial charge in [-0.15, -0.1) is 11.8 Å². The average molecular weight is 452 g/mol. The summed E-state index contributed by atoms with van der Waals surface area (Å²) >= 11 is 7.72. The molecule has 2 aromatic rings. The number of benzene rings is 2. The van der Waals surface area contributed by atoms with Crippen LogP contribution in [-0.2, 0) is 14.8 Å². The normalized spacial score (nSPS) is 17.9. The van der Waals surface area contributed by atoms with Gasteiger partial charge in [0.05, 0.1) is 10.6 Å². The molecule has 0 aromatic heterocycles. The van der Waals surface area contributed by atoms with Crippen LogP contribution in [0.3, 0.4) is 0 Å². The lowest BCUT2D eigenvalue weighted by Gasteiger charge is -2.35. The van der Waals surface area contributed by atoms with Gasteiger partial charge in [0.15, 0.2) is 0 Å². The lowest BCUT2D eigenvalue weighted by Crippen LogP contribution is -2.48. The van der Waals surface area contributed by atoms with E-state index >= 15 is 0 Å². The molecule has 2 heterocycles. The molecule has 6 nitrogen and oxygen atoms in total. The molecule has 9 heteroatoms. The van der Waals surface area contributed by atoms with E-state index in [-0.39, 0.29) is 10.8 Å². The molecule has 0 N–H and O–H groups in total. The van der Waals surface area contributed by atoms with Crippen LogP contribution in [0.5, 0.6) is 0 Å². The van der Waals surface area contributed by atoms with Gasteiger partial charge in [0.25, 0.3) is 0 Å². The number of halogens is 1. The molecule has 0 spiro atoms. The van der Waals surface area contributed by atoms with E-state index in [1.807, 2.05) is 30.3 Å². The number of nitrogens with zero attached hydrogens (tertiary/aromatic N) is 3. The first kappa shape index (κ1) is 20.5. The molecule has 2 aromatic carbocycles. The fraction of sp³-hybridized carbons (Fsp3) is 0.350. The number of amides is 1. The molecule has 1 saturated heterocycles. The summed E-state index contributed by atoms with van der Waals surface area (Å²) in [7, 11) is -3.63. The molecular formula is C20H22ClN3O3S2. The molecule has 2 aliphatic rings. The topological polar surface area (TPSA) is 60.9 Å². The Morgan fingerprint density at radius 1 is 1.03 bits per heavy atom. The Kier molecular flexibility index (Phi) is 5.79. The molecule has 0 radical (unpaired) electrons. The smallest absolute Gasteiger partial charge is 0.243 e. The summed E-state index contributed by atoms with van der Waals surface area (Å²) in [5, 5.41) is 0.666. The van der Waals surface area contributed by atoms with E-state index in [0.29, 0.717) is 43.4 Å². The van der Waals surface area contributed by atoms with E-state index in [2.05, 4.69) is 4.90 Å². The lowest BCUT2D eigenvalue weighted by molar-refractivity contribution is -0.116. The summed E-state index contributed by atoms with van der Waals surface area (Å²) in [5.74, 6) is 0.737. The van der Waals surface area contributed by atoms with Gasteiger partial charge in [-0.05, 0) is 36.4 Å². The van der Waals surface area contributed by atoms with Crippen LogP contribution in [0.1, 0.15) is 6.92 Å². The van der Waals surface area contributed by atoms with Crippen molar-refractivity contribution in [2.24, 2.45) is 0 Å². The van der Waals surface area contributed by atoms with Gasteiger partial charge in [0.1, 0.15) is 0 Å². The molecule has 0 bridgehead atoms. The van der Waals surface area contributed by atoms with Gasteiger partial charge in [-0.2, -0.15) is 4.31 Å². The first-order chi connectivity index (χ1) is 13.9. The predicted octanol–water partition coefficient (Wildman–Crippen LogP) is 3.31. The number of thioether (sulfide) groups is 1. The summed E-state index contributed by atoms with van der Waals surface area (Å²) in [6, 6.07) is 12.7. The van der Waals surface area contributed by atoms with Crippen LogP contribution in [0.15, 0.2) is 52.3 Å². The van der Waals surface area contributed by atoms with Gasteiger partial charge in [0.2, 0.25) is 15.9 Å². The molecule has 1 amide bonds. The zero-order valence-electron chi connectivity index (χ0n) is 16.0. The highest BCUT2D eigenvalue weighted by Crippen LogP contribution is 2.37. The minimum atomic E-state index is -3.63. The van der Waals surface area contributed by atoms with E-state index < -0.39 is 10.0 Å². The van der Waals surface area contributed by atoms with Crippen LogP contribution in [0.25, 0.3) is 0 Å². The Hall–Kier alpha value is -1.74. The van der Waals surface area contributed by atoms with Crippen molar-refractivity contribution in [1.82, 2.24) is 4.31 Å². The van der Waals surface area contributed by atoms with Crippen molar-refractivity contribution in [1.29, 1.82) is 0 Å². The van der Waals surface area contributed by atoms with Crippen LogP contribution in [0.4, 0.5) is 11.4 Å². The number of hydrogen-bond donors (Lipinski definition) is 0. The molecular weight excluding hydrogens is 430 g/mol. The molecule has 2 aliphatic heterocycles. The van der Waals surface area contributed by atoms with E-state index in [1.165, 1.54) is 11.2 Å². The zero-order valence-corrected chi connectivity index (χ0v) is 18.4. The summed E-state index contributed by atoms with van der Waals surface area (Å²) in [4.78, 5) is 16.9. The van der Waals surface area contributed by atoms with Crippen molar-refractivity contribution in [2.75, 3.05) is 48.3 Å². The maximum absolute atomic E-state index is 13.2. The fourth-order valence-electron chi connectivity index (χ4n) is 3.69. The number of rotatable bonds is 3. The highest BCUT2D eigenvalue weighted by atomic mass is 35.5. The number of carbonyl (C=O) groups excluding carboxylic acids is 1. The monoisotopic (exact) mass is 451 g/mol. The average Bonchev–Trinajstić information content (AvgIpc) is 2.73. The Bertz CT molecular complexity index is 1040. The van der Waals surface area contributed by atoms with Gasteiger partial charge >= 0.3 is 0 Å². The Balaban J connectivity index is 1.54. The SMILES string of the molecule is CC(=O)N1CCSc2ccc(S(=O)(=O)N3CCN(c4cccc(Cl)c4)CC3)cc21. The zero-order chi connectivity index (χ0) is 20.6. The minimum Gasteiger partial charge on any atom is -0.369 e. The second-order valence-corrected chi connectivity index (χ2v) is 10.5. The second-order valence-electron chi connectivity index (χ2n) is 7.02. The van der Waals surface area contributed by atoms with Gasteiger partial charge in [-0.1, -0.05) is 17.7 Å². The molecule has 0 unspecified atom stereocenters. The van der Waals surface area contributed by atoms with Crippen molar-refractivity contribution in [3.8, 4) is 0 Å². The summed E-state index contributed by atoms with van der Waals surface area (Å²) in [6.45, 7) is 4.10. The number of sulfonamides is 1. The first-order valence-electron chi connectivity index (χ1n) is 9.42. The number of anilines is 2.